The first-order chi connectivity index (χ1) is 4.91. The Bertz CT molecular complexity index is 200. The van der Waals surface area contributed by atoms with Gasteiger partial charge >= 0.3 is 5.97 Å². The van der Waals surface area contributed by atoms with Crippen molar-refractivity contribution < 1.29 is 9.90 Å². The van der Waals surface area contributed by atoms with E-state index in [1.807, 2.05) is 20.8 Å². The molecule has 3 heteroatoms. The maximum Gasteiger partial charge on any atom is 0.311 e. The van der Waals surface area contributed by atoms with E-state index in [1.54, 1.807) is 0 Å². The predicted octanol–water partition coefficient (Wildman–Crippen LogP) is 2.27. The Morgan fingerprint density at radius 3 is 2.00 bits per heavy atom. The summed E-state index contributed by atoms with van der Waals surface area (Å²) in [6.45, 7) is 5.91. The molecule has 0 aromatic heterocycles. The number of rotatable bonds is 2. The molecule has 2 nitrogen and oxygen atoms in total. The quantitative estimate of drug-likeness (QED) is 0.726. The van der Waals surface area contributed by atoms with Gasteiger partial charge in [-0.2, -0.15) is 0 Å². The van der Waals surface area contributed by atoms with Crippen molar-refractivity contribution in [1.82, 2.24) is 0 Å². The summed E-state index contributed by atoms with van der Waals surface area (Å²) in [4.78, 5) is 11.0. The number of hydrogen-bond donors (Lipinski definition) is 1. The Hall–Kier alpha value is -0.0500. The van der Waals surface area contributed by atoms with Gasteiger partial charge in [-0.05, 0) is 11.8 Å². The van der Waals surface area contributed by atoms with Crippen LogP contribution in [0.2, 0.25) is 0 Å². The van der Waals surface area contributed by atoms with E-state index in [9.17, 15) is 4.79 Å². The molecule has 1 saturated carbocycles. The van der Waals surface area contributed by atoms with Crippen LogP contribution in [0.5, 0.6) is 0 Å². The second kappa shape index (κ2) is 2.22. The predicted molar refractivity (Wildman–Crippen MR) is 46.9 cm³/mol. The molecular formula is C8H13BrO2. The lowest BCUT2D eigenvalue weighted by Crippen LogP contribution is -2.20. The Kier molecular flexibility index (Phi) is 1.82. The highest BCUT2D eigenvalue weighted by molar-refractivity contribution is 9.09. The Morgan fingerprint density at radius 2 is 2.00 bits per heavy atom. The summed E-state index contributed by atoms with van der Waals surface area (Å²) in [5.74, 6) is -0.674. The number of carboxylic acids is 1. The topological polar surface area (TPSA) is 37.3 Å². The highest BCUT2D eigenvalue weighted by Gasteiger charge is 2.73. The van der Waals surface area contributed by atoms with Crippen molar-refractivity contribution >= 4 is 21.9 Å². The minimum atomic E-state index is -0.674. The minimum Gasteiger partial charge on any atom is -0.481 e. The van der Waals surface area contributed by atoms with Gasteiger partial charge in [-0.15, -0.1) is 0 Å². The molecule has 0 aromatic rings. The van der Waals surface area contributed by atoms with Gasteiger partial charge in [0.1, 0.15) is 0 Å². The number of aliphatic carboxylic acids is 1. The summed E-state index contributed by atoms with van der Waals surface area (Å²) in [6, 6.07) is 0. The molecule has 1 N–H and O–H groups in total. The van der Waals surface area contributed by atoms with Crippen molar-refractivity contribution in [2.45, 2.75) is 32.0 Å². The van der Waals surface area contributed by atoms with Crippen molar-refractivity contribution in [3.63, 3.8) is 0 Å². The molecule has 0 aliphatic heterocycles. The lowest BCUT2D eigenvalue weighted by Gasteiger charge is -2.10. The standard InChI is InChI=1S/C8H13BrO2/c1-4-8(6(10)11)5(9)7(8,2)3/h5H,4H2,1-3H3,(H,10,11). The summed E-state index contributed by atoms with van der Waals surface area (Å²) in [6.07, 6.45) is 0.700. The van der Waals surface area contributed by atoms with Crippen LogP contribution in [0, 0.1) is 10.8 Å². The number of hydrogen-bond acceptors (Lipinski definition) is 1. The molecule has 64 valence electrons. The van der Waals surface area contributed by atoms with Gasteiger partial charge in [0.2, 0.25) is 0 Å². The van der Waals surface area contributed by atoms with E-state index >= 15 is 0 Å². The van der Waals surface area contributed by atoms with Gasteiger partial charge in [0.25, 0.3) is 0 Å². The zero-order valence-electron chi connectivity index (χ0n) is 7.02. The van der Waals surface area contributed by atoms with Crippen molar-refractivity contribution in [1.29, 1.82) is 0 Å². The molecule has 1 fully saturated rings. The molecular weight excluding hydrogens is 208 g/mol. The van der Waals surface area contributed by atoms with Gasteiger partial charge in [0.05, 0.1) is 5.41 Å². The molecule has 1 aliphatic carbocycles. The average molecular weight is 221 g/mol. The fourth-order valence-electron chi connectivity index (χ4n) is 1.96. The molecule has 0 saturated heterocycles. The second-order valence-electron chi connectivity index (χ2n) is 3.71. The normalized spacial score (nSPS) is 40.2. The van der Waals surface area contributed by atoms with Gasteiger partial charge in [0, 0.05) is 4.83 Å². The highest BCUT2D eigenvalue weighted by Crippen LogP contribution is 2.69. The van der Waals surface area contributed by atoms with Crippen LogP contribution in [0.4, 0.5) is 0 Å². The molecule has 2 atom stereocenters. The molecule has 2 unspecified atom stereocenters. The fraction of sp³-hybridized carbons (Fsp3) is 0.875. The van der Waals surface area contributed by atoms with Gasteiger partial charge in [-0.25, -0.2) is 0 Å². The molecule has 1 aliphatic rings. The molecule has 0 amide bonds. The number of carboxylic acid groups (broad SMARTS) is 1. The van der Waals surface area contributed by atoms with E-state index in [-0.39, 0.29) is 10.2 Å². The van der Waals surface area contributed by atoms with Crippen molar-refractivity contribution in [2.75, 3.05) is 0 Å². The third-order valence-electron chi connectivity index (χ3n) is 3.07. The summed E-state index contributed by atoms with van der Waals surface area (Å²) in [5.41, 5.74) is -0.611. The van der Waals surface area contributed by atoms with Gasteiger partial charge in [-0.3, -0.25) is 4.79 Å². The Balaban J connectivity index is 2.93. The molecule has 0 bridgehead atoms. The minimum absolute atomic E-state index is 0.0897. The van der Waals surface area contributed by atoms with Crippen LogP contribution in [0.15, 0.2) is 0 Å². The zero-order valence-corrected chi connectivity index (χ0v) is 8.60. The van der Waals surface area contributed by atoms with Crippen LogP contribution in [0.1, 0.15) is 27.2 Å². The first-order valence-electron chi connectivity index (χ1n) is 3.78. The van der Waals surface area contributed by atoms with E-state index in [1.165, 1.54) is 0 Å². The number of alkyl halides is 1. The number of halogens is 1. The van der Waals surface area contributed by atoms with Crippen LogP contribution in [0.25, 0.3) is 0 Å². The Morgan fingerprint density at radius 1 is 1.64 bits per heavy atom. The lowest BCUT2D eigenvalue weighted by molar-refractivity contribution is -0.144. The van der Waals surface area contributed by atoms with E-state index in [2.05, 4.69) is 15.9 Å². The third kappa shape index (κ3) is 0.805. The van der Waals surface area contributed by atoms with Crippen LogP contribution in [0.3, 0.4) is 0 Å². The maximum absolute atomic E-state index is 10.9. The first-order valence-corrected chi connectivity index (χ1v) is 4.70. The van der Waals surface area contributed by atoms with Crippen molar-refractivity contribution in [3.8, 4) is 0 Å². The van der Waals surface area contributed by atoms with Crippen LogP contribution in [-0.2, 0) is 4.79 Å². The summed E-state index contributed by atoms with van der Waals surface area (Å²) < 4.78 is 0. The second-order valence-corrected chi connectivity index (χ2v) is 4.63. The summed E-state index contributed by atoms with van der Waals surface area (Å²) in [7, 11) is 0. The highest BCUT2D eigenvalue weighted by atomic mass is 79.9. The van der Waals surface area contributed by atoms with Crippen molar-refractivity contribution in [2.24, 2.45) is 10.8 Å². The average Bonchev–Trinajstić information content (AvgIpc) is 2.30. The monoisotopic (exact) mass is 220 g/mol. The van der Waals surface area contributed by atoms with E-state index < -0.39 is 11.4 Å². The maximum atomic E-state index is 10.9. The number of carbonyl (C=O) groups is 1. The third-order valence-corrected chi connectivity index (χ3v) is 5.00. The van der Waals surface area contributed by atoms with Crippen LogP contribution < -0.4 is 0 Å². The summed E-state index contributed by atoms with van der Waals surface area (Å²) in [5, 5.41) is 8.98. The molecule has 0 spiro atoms. The lowest BCUT2D eigenvalue weighted by atomic mass is 9.93. The molecule has 0 radical (unpaired) electrons. The fourth-order valence-corrected chi connectivity index (χ4v) is 3.34. The first kappa shape index (κ1) is 9.04. The van der Waals surface area contributed by atoms with E-state index in [0.717, 1.165) is 0 Å². The van der Waals surface area contributed by atoms with Gasteiger partial charge < -0.3 is 5.11 Å². The SMILES string of the molecule is CCC1(C(=O)O)C(Br)C1(C)C. The smallest absolute Gasteiger partial charge is 0.311 e. The zero-order chi connectivity index (χ0) is 8.86. The van der Waals surface area contributed by atoms with E-state index in [0.29, 0.717) is 6.42 Å². The summed E-state index contributed by atoms with van der Waals surface area (Å²) >= 11 is 3.41. The van der Waals surface area contributed by atoms with Gasteiger partial charge in [0.15, 0.2) is 0 Å². The molecule has 0 heterocycles. The van der Waals surface area contributed by atoms with Crippen LogP contribution >= 0.6 is 15.9 Å². The molecule has 1 rings (SSSR count). The van der Waals surface area contributed by atoms with Crippen molar-refractivity contribution in [3.05, 3.63) is 0 Å². The molecule has 0 aromatic carbocycles. The van der Waals surface area contributed by atoms with Gasteiger partial charge in [-0.1, -0.05) is 36.7 Å². The Labute approximate surface area is 75.1 Å². The largest absolute Gasteiger partial charge is 0.481 e. The van der Waals surface area contributed by atoms with Crippen LogP contribution in [-0.4, -0.2) is 15.9 Å². The van der Waals surface area contributed by atoms with E-state index in [4.69, 9.17) is 5.11 Å². The molecule has 11 heavy (non-hydrogen) atoms.